The molecule has 0 saturated carbocycles. The van der Waals surface area contributed by atoms with Crippen LogP contribution in [0, 0.1) is 18.3 Å². The van der Waals surface area contributed by atoms with Crippen molar-refractivity contribution in [3.8, 4) is 17.6 Å². The molecular weight excluding hydrogens is 828 g/mol. The molecule has 1 saturated heterocycles. The summed E-state index contributed by atoms with van der Waals surface area (Å²) in [7, 11) is 2.94. The van der Waals surface area contributed by atoms with Crippen molar-refractivity contribution >= 4 is 14.3 Å². The van der Waals surface area contributed by atoms with Crippen molar-refractivity contribution in [2.24, 2.45) is 0 Å². The number of nitrogens with one attached hydrogen (secondary N) is 1. The summed E-state index contributed by atoms with van der Waals surface area (Å²) in [5.74, 6) is 0.778. The molecule has 63 heavy (non-hydrogen) atoms. The van der Waals surface area contributed by atoms with E-state index < -0.39 is 61.3 Å². The molecule has 1 aromatic heterocycles. The maximum atomic E-state index is 13.8. The Hall–Kier alpha value is -4.91. The Labute approximate surface area is 371 Å². The number of nitriles is 1. The third-order valence-corrected chi connectivity index (χ3v) is 13.1. The Bertz CT molecular complexity index is 2190. The summed E-state index contributed by atoms with van der Waals surface area (Å²) >= 11 is 0. The van der Waals surface area contributed by atoms with Crippen molar-refractivity contribution in [1.29, 1.82) is 5.26 Å². The summed E-state index contributed by atoms with van der Waals surface area (Å²) in [5.41, 5.74) is -0.881. The van der Waals surface area contributed by atoms with Gasteiger partial charge in [0.2, 0.25) is 0 Å². The van der Waals surface area contributed by atoms with Crippen molar-refractivity contribution in [2.75, 3.05) is 47.3 Å². The van der Waals surface area contributed by atoms with Gasteiger partial charge in [0.1, 0.15) is 55.5 Å². The van der Waals surface area contributed by atoms with Crippen molar-refractivity contribution < 1.29 is 42.5 Å². The second-order valence-corrected chi connectivity index (χ2v) is 18.1. The van der Waals surface area contributed by atoms with Gasteiger partial charge in [-0.1, -0.05) is 54.6 Å². The van der Waals surface area contributed by atoms with Gasteiger partial charge in [0, 0.05) is 31.0 Å². The number of aryl methyl sites for hydroxylation is 1. The minimum Gasteiger partial charge on any atom is -0.497 e. The lowest BCUT2D eigenvalue weighted by Gasteiger charge is -2.40. The van der Waals surface area contributed by atoms with Gasteiger partial charge in [-0.15, -0.1) is 0 Å². The number of carbonyl (C=O) groups is 1. The molecule has 16 heteroatoms. The van der Waals surface area contributed by atoms with Gasteiger partial charge in [-0.3, -0.25) is 23.8 Å². The Morgan fingerprint density at radius 1 is 0.873 bits per heavy atom. The summed E-state index contributed by atoms with van der Waals surface area (Å²) in [5, 5.41) is 9.44. The first-order valence-corrected chi connectivity index (χ1v) is 22.4. The molecule has 5 rings (SSSR count). The molecule has 0 spiro atoms. The Balaban J connectivity index is 1.70. The lowest BCUT2D eigenvalue weighted by Crippen LogP contribution is -2.44. The second kappa shape index (κ2) is 22.1. The minimum atomic E-state index is -1.82. The molecule has 0 radical (unpaired) electrons. The largest absolute Gasteiger partial charge is 0.497 e. The number of rotatable bonds is 22. The van der Waals surface area contributed by atoms with Gasteiger partial charge >= 0.3 is 11.7 Å². The van der Waals surface area contributed by atoms with Crippen molar-refractivity contribution in [3.63, 3.8) is 0 Å². The lowest BCUT2D eigenvalue weighted by atomic mass is 9.80. The molecule has 2 heterocycles. The van der Waals surface area contributed by atoms with Crippen molar-refractivity contribution in [2.45, 2.75) is 103 Å². The highest BCUT2D eigenvalue weighted by atomic mass is 31.2. The Kier molecular flexibility index (Phi) is 17.3. The SMILES string of the molecule is COCCOC1C(OP(CC(=O)OC(C)(C)CC#N)N(C(C)C)C(C)C)[C@@H](COC(c2ccccc2)(c2ccc(OC)cc2)c2ccc(OC)cc2)O[C@H]1n1cc(C)c(=O)[nH]c1=O. The maximum Gasteiger partial charge on any atom is 0.330 e. The number of H-pyrrole nitrogens is 1. The number of benzene rings is 3. The van der Waals surface area contributed by atoms with Gasteiger partial charge in [-0.2, -0.15) is 5.26 Å². The molecule has 1 fully saturated rings. The fraction of sp³-hybridized carbons (Fsp3) is 0.489. The van der Waals surface area contributed by atoms with Crippen LogP contribution >= 0.6 is 8.30 Å². The number of carbonyl (C=O) groups excluding carboxylic acids is 1. The highest BCUT2D eigenvalue weighted by Gasteiger charge is 2.51. The van der Waals surface area contributed by atoms with E-state index in [2.05, 4.69) is 15.7 Å². The average Bonchev–Trinajstić information content (AvgIpc) is 3.58. The molecule has 0 amide bonds. The van der Waals surface area contributed by atoms with E-state index in [4.69, 9.17) is 37.7 Å². The third kappa shape index (κ3) is 11.8. The first kappa shape index (κ1) is 49.1. The maximum absolute atomic E-state index is 13.8. The number of esters is 1. The molecule has 1 aliphatic heterocycles. The zero-order valence-corrected chi connectivity index (χ0v) is 38.8. The zero-order chi connectivity index (χ0) is 45.9. The molecular formula is C47H61N4O11P. The van der Waals surface area contributed by atoms with E-state index in [1.54, 1.807) is 42.1 Å². The van der Waals surface area contributed by atoms with Crippen LogP contribution in [0.4, 0.5) is 0 Å². The summed E-state index contributed by atoms with van der Waals surface area (Å²) in [6.45, 7) is 13.2. The molecule has 15 nitrogen and oxygen atoms in total. The molecule has 340 valence electrons. The fourth-order valence-corrected chi connectivity index (χ4v) is 10.00. The molecule has 3 aromatic carbocycles. The molecule has 5 atom stereocenters. The average molecular weight is 889 g/mol. The predicted octanol–water partition coefficient (Wildman–Crippen LogP) is 6.85. The summed E-state index contributed by atoms with van der Waals surface area (Å²) < 4.78 is 53.8. The fourth-order valence-electron chi connectivity index (χ4n) is 7.80. The first-order valence-electron chi connectivity index (χ1n) is 21.0. The molecule has 0 bridgehead atoms. The van der Waals surface area contributed by atoms with Crippen LogP contribution in [0.2, 0.25) is 0 Å². The molecule has 1 aliphatic rings. The smallest absolute Gasteiger partial charge is 0.330 e. The van der Waals surface area contributed by atoms with E-state index in [1.807, 2.05) is 107 Å². The van der Waals surface area contributed by atoms with Crippen LogP contribution in [-0.2, 0) is 38.6 Å². The van der Waals surface area contributed by atoms with Gasteiger partial charge in [0.05, 0.1) is 46.5 Å². The van der Waals surface area contributed by atoms with E-state index in [0.29, 0.717) is 11.5 Å². The van der Waals surface area contributed by atoms with Crippen LogP contribution in [0.25, 0.3) is 0 Å². The number of aromatic nitrogens is 2. The quantitative estimate of drug-likeness (QED) is 0.0376. The summed E-state index contributed by atoms with van der Waals surface area (Å²) in [4.78, 5) is 42.5. The van der Waals surface area contributed by atoms with Crippen molar-refractivity contribution in [1.82, 2.24) is 14.2 Å². The van der Waals surface area contributed by atoms with Crippen LogP contribution in [0.15, 0.2) is 94.6 Å². The van der Waals surface area contributed by atoms with Gasteiger partial charge in [0.25, 0.3) is 5.56 Å². The molecule has 0 aliphatic carbocycles. The highest BCUT2D eigenvalue weighted by Crippen LogP contribution is 2.51. The number of nitrogens with zero attached hydrogens (tertiary/aromatic N) is 3. The Morgan fingerprint density at radius 2 is 1.44 bits per heavy atom. The molecule has 4 aromatic rings. The minimum absolute atomic E-state index is 0.00145. The summed E-state index contributed by atoms with van der Waals surface area (Å²) in [6, 6.07) is 27.0. The van der Waals surface area contributed by atoms with Crippen LogP contribution < -0.4 is 20.7 Å². The lowest BCUT2D eigenvalue weighted by molar-refractivity contribution is -0.152. The number of hydrogen-bond donors (Lipinski definition) is 1. The van der Waals surface area contributed by atoms with Crippen LogP contribution in [0.5, 0.6) is 11.5 Å². The van der Waals surface area contributed by atoms with Gasteiger partial charge in [-0.25, -0.2) is 4.79 Å². The predicted molar refractivity (Wildman–Crippen MR) is 239 cm³/mol. The number of hydrogen-bond acceptors (Lipinski definition) is 13. The monoisotopic (exact) mass is 888 g/mol. The molecule has 3 unspecified atom stereocenters. The van der Waals surface area contributed by atoms with Crippen LogP contribution in [-0.4, -0.2) is 103 Å². The molecule has 1 N–H and O–H groups in total. The third-order valence-electron chi connectivity index (χ3n) is 10.7. The van der Waals surface area contributed by atoms with Gasteiger partial charge in [0.15, 0.2) is 6.23 Å². The standard InChI is InChI=1S/C47H61N4O11P/c1-31(2)51(32(3)4)63(30-40(52)61-46(6,7)24-25-48)62-41-39(60-44(42(41)58-27-26-55-8)50-28-33(5)43(53)49-45(50)54)29-59-47(34-14-12-11-13-15-34,35-16-20-37(56-9)21-17-35)36-18-22-38(57-10)23-19-36/h11-23,28,31-32,39,41-42,44H,24,26-27,29-30H2,1-10H3,(H,49,53,54)/t39-,41?,42?,44-,63?/m1/s1. The van der Waals surface area contributed by atoms with E-state index in [9.17, 15) is 19.6 Å². The second-order valence-electron chi connectivity index (χ2n) is 16.4. The van der Waals surface area contributed by atoms with Crippen LogP contribution in [0.1, 0.15) is 76.4 Å². The van der Waals surface area contributed by atoms with E-state index in [0.717, 1.165) is 16.7 Å². The topological polar surface area (TPSA) is 173 Å². The number of ether oxygens (including phenoxy) is 7. The first-order chi connectivity index (χ1) is 30.1. The van der Waals surface area contributed by atoms with E-state index in [-0.39, 0.29) is 50.1 Å². The Morgan fingerprint density at radius 3 is 1.97 bits per heavy atom. The van der Waals surface area contributed by atoms with Gasteiger partial charge < -0.3 is 37.7 Å². The number of methoxy groups -OCH3 is 3. The van der Waals surface area contributed by atoms with Crippen LogP contribution in [0.3, 0.4) is 0 Å². The summed E-state index contributed by atoms with van der Waals surface area (Å²) in [6.07, 6.45) is -2.74. The number of aromatic amines is 1. The zero-order valence-electron chi connectivity index (χ0n) is 37.9. The highest BCUT2D eigenvalue weighted by molar-refractivity contribution is 7.51. The van der Waals surface area contributed by atoms with Crippen molar-refractivity contribution in [3.05, 3.63) is 128 Å². The van der Waals surface area contributed by atoms with E-state index >= 15 is 0 Å². The van der Waals surface area contributed by atoms with Gasteiger partial charge in [-0.05, 0) is 89.4 Å². The van der Waals surface area contributed by atoms with E-state index in [1.165, 1.54) is 10.8 Å². The normalized spacial score (nSPS) is 18.4.